The van der Waals surface area contributed by atoms with Crippen LogP contribution in [0.25, 0.3) is 10.3 Å². The van der Waals surface area contributed by atoms with Crippen molar-refractivity contribution in [3.05, 3.63) is 48.2 Å². The highest BCUT2D eigenvalue weighted by atomic mass is 32.1. The van der Waals surface area contributed by atoms with Crippen molar-refractivity contribution >= 4 is 27.7 Å². The van der Waals surface area contributed by atoms with Crippen molar-refractivity contribution in [2.45, 2.75) is 50.4 Å². The van der Waals surface area contributed by atoms with Crippen LogP contribution in [0.5, 0.6) is 10.9 Å². The third-order valence-electron chi connectivity index (χ3n) is 5.87. The van der Waals surface area contributed by atoms with Gasteiger partial charge in [0.05, 0.1) is 4.70 Å². The summed E-state index contributed by atoms with van der Waals surface area (Å²) in [5.74, 6) is 0.778. The lowest BCUT2D eigenvalue weighted by molar-refractivity contribution is 0.112. The van der Waals surface area contributed by atoms with Gasteiger partial charge in [0.1, 0.15) is 5.75 Å². The zero-order valence-corrected chi connectivity index (χ0v) is 16.8. The summed E-state index contributed by atoms with van der Waals surface area (Å²) in [6.45, 7) is 0.921. The Balaban J connectivity index is 1.22. The number of nitrogens with two attached hydrogens (primary N) is 1. The Hall–Kier alpha value is -2.71. The topological polar surface area (TPSA) is 93.4 Å². The van der Waals surface area contributed by atoms with E-state index < -0.39 is 6.03 Å². The molecule has 0 spiro atoms. The van der Waals surface area contributed by atoms with Crippen LogP contribution in [-0.4, -0.2) is 39.0 Å². The number of carbonyl (C=O) groups excluding carboxylic acids is 1. The number of primary amides is 1. The molecule has 2 aliphatic rings. The molecule has 2 amide bonds. The minimum absolute atomic E-state index is 0.209. The van der Waals surface area contributed by atoms with Gasteiger partial charge in [0.2, 0.25) is 0 Å². The lowest BCUT2D eigenvalue weighted by atomic mass is 9.96. The first-order valence-electron chi connectivity index (χ1n) is 9.94. The van der Waals surface area contributed by atoms with Crippen LogP contribution in [0.1, 0.15) is 31.2 Å². The van der Waals surface area contributed by atoms with Crippen LogP contribution in [0, 0.1) is 0 Å². The number of pyridine rings is 1. The Morgan fingerprint density at radius 2 is 1.97 bits per heavy atom. The SMILES string of the molecule is NC(=O)N[C@@H]1C[C@H]2CC[C@@H](C1)N2Cc1ccc(Oc2nc3ncccc3s2)cc1. The number of rotatable bonds is 5. The minimum atomic E-state index is -0.414. The number of amides is 2. The zero-order valence-electron chi connectivity index (χ0n) is 16.0. The molecule has 3 atom stereocenters. The predicted octanol–water partition coefficient (Wildman–Crippen LogP) is 3.65. The average Bonchev–Trinajstić information content (AvgIpc) is 3.20. The van der Waals surface area contributed by atoms with E-state index >= 15 is 0 Å². The van der Waals surface area contributed by atoms with Gasteiger partial charge in [-0.05, 0) is 55.5 Å². The van der Waals surface area contributed by atoms with E-state index in [1.54, 1.807) is 6.20 Å². The van der Waals surface area contributed by atoms with E-state index in [9.17, 15) is 4.79 Å². The maximum absolute atomic E-state index is 11.2. The number of thiazole rings is 1. The van der Waals surface area contributed by atoms with Crippen molar-refractivity contribution in [3.63, 3.8) is 0 Å². The van der Waals surface area contributed by atoms with Gasteiger partial charge >= 0.3 is 6.03 Å². The first-order valence-corrected chi connectivity index (χ1v) is 10.8. The van der Waals surface area contributed by atoms with E-state index in [4.69, 9.17) is 10.5 Å². The maximum Gasteiger partial charge on any atom is 0.312 e. The molecule has 1 aromatic carbocycles. The molecule has 5 rings (SSSR count). The number of ether oxygens (including phenoxy) is 1. The smallest absolute Gasteiger partial charge is 0.312 e. The lowest BCUT2D eigenvalue weighted by Gasteiger charge is -2.39. The summed E-state index contributed by atoms with van der Waals surface area (Å²) in [5, 5.41) is 3.50. The molecule has 0 saturated carbocycles. The van der Waals surface area contributed by atoms with Crippen LogP contribution < -0.4 is 15.8 Å². The van der Waals surface area contributed by atoms with Gasteiger partial charge in [-0.2, -0.15) is 4.98 Å². The molecule has 0 aliphatic carbocycles. The molecule has 0 unspecified atom stereocenters. The van der Waals surface area contributed by atoms with Gasteiger partial charge < -0.3 is 15.8 Å². The molecular weight excluding hydrogens is 386 g/mol. The summed E-state index contributed by atoms with van der Waals surface area (Å²) in [4.78, 5) is 22.4. The standard InChI is InChI=1S/C21H23N5O2S/c22-20(27)24-14-10-15-5-6-16(11-14)26(15)12-13-3-7-17(8-4-13)28-21-25-19-18(29-21)2-1-9-23-19/h1-4,7-9,14-16H,5-6,10-12H2,(H3,22,24,27)/t14-,15-,16+. The van der Waals surface area contributed by atoms with E-state index in [1.165, 1.54) is 29.7 Å². The summed E-state index contributed by atoms with van der Waals surface area (Å²) < 4.78 is 6.93. The number of benzene rings is 1. The highest BCUT2D eigenvalue weighted by Crippen LogP contribution is 2.37. The van der Waals surface area contributed by atoms with Gasteiger partial charge in [-0.1, -0.05) is 23.5 Å². The number of piperidine rings is 1. The first kappa shape index (κ1) is 18.3. The van der Waals surface area contributed by atoms with Gasteiger partial charge in [-0.15, -0.1) is 0 Å². The molecule has 2 bridgehead atoms. The Labute approximate surface area is 172 Å². The van der Waals surface area contributed by atoms with Crippen LogP contribution in [0.3, 0.4) is 0 Å². The van der Waals surface area contributed by atoms with E-state index in [1.807, 2.05) is 24.3 Å². The number of urea groups is 1. The molecule has 2 saturated heterocycles. The molecule has 0 radical (unpaired) electrons. The highest BCUT2D eigenvalue weighted by Gasteiger charge is 2.40. The molecular formula is C21H23N5O2S. The molecule has 29 heavy (non-hydrogen) atoms. The minimum Gasteiger partial charge on any atom is -0.431 e. The summed E-state index contributed by atoms with van der Waals surface area (Å²) in [5.41, 5.74) is 7.28. The van der Waals surface area contributed by atoms with Crippen LogP contribution >= 0.6 is 11.3 Å². The molecule has 3 N–H and O–H groups in total. The number of aromatic nitrogens is 2. The van der Waals surface area contributed by atoms with Gasteiger partial charge in [0, 0.05) is 30.9 Å². The summed E-state index contributed by atoms with van der Waals surface area (Å²) in [6, 6.07) is 12.9. The maximum atomic E-state index is 11.2. The monoisotopic (exact) mass is 409 g/mol. The first-order chi connectivity index (χ1) is 14.1. The van der Waals surface area contributed by atoms with Crippen LogP contribution in [0.2, 0.25) is 0 Å². The molecule has 4 heterocycles. The number of nitrogens with one attached hydrogen (secondary N) is 1. The number of fused-ring (bicyclic) bond motifs is 3. The van der Waals surface area contributed by atoms with E-state index in [0.717, 1.165) is 29.8 Å². The van der Waals surface area contributed by atoms with E-state index in [0.29, 0.717) is 22.9 Å². The quantitative estimate of drug-likeness (QED) is 0.671. The van der Waals surface area contributed by atoms with Crippen LogP contribution in [0.15, 0.2) is 42.6 Å². The van der Waals surface area contributed by atoms with Gasteiger partial charge in [0.25, 0.3) is 5.19 Å². The Morgan fingerprint density at radius 1 is 1.21 bits per heavy atom. The van der Waals surface area contributed by atoms with Gasteiger partial charge in [-0.25, -0.2) is 9.78 Å². The van der Waals surface area contributed by atoms with E-state index in [-0.39, 0.29) is 6.04 Å². The second-order valence-electron chi connectivity index (χ2n) is 7.79. The average molecular weight is 410 g/mol. The number of nitrogens with zero attached hydrogens (tertiary/aromatic N) is 3. The molecule has 2 aliphatic heterocycles. The largest absolute Gasteiger partial charge is 0.431 e. The van der Waals surface area contributed by atoms with Crippen molar-refractivity contribution < 1.29 is 9.53 Å². The van der Waals surface area contributed by atoms with E-state index in [2.05, 4.69) is 32.3 Å². The van der Waals surface area contributed by atoms with Crippen molar-refractivity contribution in [2.24, 2.45) is 5.73 Å². The fraction of sp³-hybridized carbons (Fsp3) is 0.381. The third kappa shape index (κ3) is 3.90. The summed E-state index contributed by atoms with van der Waals surface area (Å²) in [7, 11) is 0. The molecule has 7 nitrogen and oxygen atoms in total. The van der Waals surface area contributed by atoms with Crippen molar-refractivity contribution in [1.82, 2.24) is 20.2 Å². The summed E-state index contributed by atoms with van der Waals surface area (Å²) >= 11 is 1.50. The molecule has 8 heteroatoms. The fourth-order valence-corrected chi connectivity index (χ4v) is 5.41. The van der Waals surface area contributed by atoms with Crippen molar-refractivity contribution in [2.75, 3.05) is 0 Å². The van der Waals surface area contributed by atoms with Gasteiger partial charge in [0.15, 0.2) is 5.65 Å². The Bertz CT molecular complexity index is 974. The normalized spacial score (nSPS) is 23.9. The lowest BCUT2D eigenvalue weighted by Crippen LogP contribution is -2.51. The van der Waals surface area contributed by atoms with Crippen LogP contribution in [0.4, 0.5) is 4.79 Å². The zero-order chi connectivity index (χ0) is 19.8. The number of hydrogen-bond donors (Lipinski definition) is 2. The number of hydrogen-bond acceptors (Lipinski definition) is 6. The Kier molecular flexibility index (Phi) is 4.81. The Morgan fingerprint density at radius 3 is 2.66 bits per heavy atom. The van der Waals surface area contributed by atoms with Crippen LogP contribution in [-0.2, 0) is 6.54 Å². The molecule has 150 valence electrons. The van der Waals surface area contributed by atoms with Gasteiger partial charge in [-0.3, -0.25) is 4.90 Å². The second kappa shape index (κ2) is 7.61. The fourth-order valence-electron chi connectivity index (χ4n) is 4.62. The highest BCUT2D eigenvalue weighted by molar-refractivity contribution is 7.20. The second-order valence-corrected chi connectivity index (χ2v) is 8.78. The third-order valence-corrected chi connectivity index (χ3v) is 6.76. The van der Waals surface area contributed by atoms with Crippen molar-refractivity contribution in [3.8, 4) is 10.9 Å². The molecule has 2 aromatic heterocycles. The van der Waals surface area contributed by atoms with Crippen molar-refractivity contribution in [1.29, 1.82) is 0 Å². The molecule has 3 aromatic rings. The number of carbonyl (C=O) groups is 1. The molecule has 2 fully saturated rings. The summed E-state index contributed by atoms with van der Waals surface area (Å²) in [6.07, 6.45) is 6.07. The predicted molar refractivity (Wildman–Crippen MR) is 112 cm³/mol.